The fraction of sp³-hybridized carbons (Fsp3) is 0.312. The molecule has 0 radical (unpaired) electrons. The van der Waals surface area contributed by atoms with Gasteiger partial charge in [0.2, 0.25) is 0 Å². The van der Waals surface area contributed by atoms with Gasteiger partial charge in [-0.1, -0.05) is 47.6 Å². The summed E-state index contributed by atoms with van der Waals surface area (Å²) >= 11 is 0. The highest BCUT2D eigenvalue weighted by Crippen LogP contribution is 2.52. The molecule has 0 bridgehead atoms. The number of fused-ring (bicyclic) bond motifs is 4. The number of methoxy groups -OCH3 is 1. The van der Waals surface area contributed by atoms with E-state index in [1.54, 1.807) is 13.4 Å². The van der Waals surface area contributed by atoms with Crippen LogP contribution < -0.4 is 10.1 Å². The Labute approximate surface area is 208 Å². The summed E-state index contributed by atoms with van der Waals surface area (Å²) in [7, 11) is 1.78. The summed E-state index contributed by atoms with van der Waals surface area (Å²) < 4.78 is 11.7. The van der Waals surface area contributed by atoms with Crippen molar-refractivity contribution in [2.75, 3.05) is 7.11 Å². The molecule has 2 aromatic carbocycles. The van der Waals surface area contributed by atoms with E-state index in [1.165, 1.54) is 39.0 Å². The standard InChI is InChI=1S/C32H33NO2/c1-19-14-22(16-23(15-19)27-10-7-13-35-27)25-17-21-8-6-9-28(34-5)30(21)24-11-12-26-29(31(24)25)20(2)18-32(3,4)33-26/h6-16,18,25-26,29,33H,17H2,1-5H3. The number of furan rings is 1. The third kappa shape index (κ3) is 3.70. The van der Waals surface area contributed by atoms with Crippen molar-refractivity contribution < 1.29 is 9.15 Å². The summed E-state index contributed by atoms with van der Waals surface area (Å²) in [5, 5.41) is 3.88. The first-order valence-corrected chi connectivity index (χ1v) is 12.6. The second-order valence-electron chi connectivity index (χ2n) is 10.8. The lowest BCUT2D eigenvalue weighted by Gasteiger charge is -2.46. The van der Waals surface area contributed by atoms with Gasteiger partial charge in [-0.3, -0.25) is 0 Å². The zero-order valence-electron chi connectivity index (χ0n) is 21.2. The highest BCUT2D eigenvalue weighted by atomic mass is 16.5. The van der Waals surface area contributed by atoms with E-state index in [4.69, 9.17) is 9.15 Å². The van der Waals surface area contributed by atoms with Crippen molar-refractivity contribution in [2.45, 2.75) is 51.6 Å². The molecule has 1 aromatic heterocycles. The molecule has 0 saturated heterocycles. The summed E-state index contributed by atoms with van der Waals surface area (Å²) in [6.07, 6.45) is 9.83. The van der Waals surface area contributed by atoms with E-state index in [2.05, 4.69) is 87.6 Å². The maximum Gasteiger partial charge on any atom is 0.133 e. The lowest BCUT2D eigenvalue weighted by molar-refractivity contribution is 0.350. The van der Waals surface area contributed by atoms with Crippen LogP contribution in [0.25, 0.3) is 16.9 Å². The van der Waals surface area contributed by atoms with Crippen LogP contribution in [0, 0.1) is 12.8 Å². The molecule has 1 N–H and O–H groups in total. The quantitative estimate of drug-likeness (QED) is 0.416. The highest BCUT2D eigenvalue weighted by molar-refractivity contribution is 5.87. The van der Waals surface area contributed by atoms with Gasteiger partial charge in [0.1, 0.15) is 11.5 Å². The molecule has 35 heavy (non-hydrogen) atoms. The van der Waals surface area contributed by atoms with Crippen molar-refractivity contribution in [1.29, 1.82) is 0 Å². The van der Waals surface area contributed by atoms with Gasteiger partial charge in [0, 0.05) is 34.5 Å². The van der Waals surface area contributed by atoms with E-state index in [1.807, 2.05) is 12.1 Å². The molecule has 3 aliphatic rings. The van der Waals surface area contributed by atoms with Crippen molar-refractivity contribution in [3.8, 4) is 17.1 Å². The average molecular weight is 464 g/mol. The van der Waals surface area contributed by atoms with Crippen molar-refractivity contribution in [2.24, 2.45) is 5.92 Å². The van der Waals surface area contributed by atoms with Crippen LogP contribution in [0.1, 0.15) is 48.9 Å². The van der Waals surface area contributed by atoms with Gasteiger partial charge in [0.25, 0.3) is 0 Å². The van der Waals surface area contributed by atoms with E-state index in [0.29, 0.717) is 5.92 Å². The lowest BCUT2D eigenvalue weighted by atomic mass is 9.64. The first-order valence-electron chi connectivity index (χ1n) is 12.6. The van der Waals surface area contributed by atoms with E-state index in [9.17, 15) is 0 Å². The minimum atomic E-state index is -0.0246. The Bertz CT molecular complexity index is 1390. The van der Waals surface area contributed by atoms with Crippen molar-refractivity contribution in [3.63, 3.8) is 0 Å². The largest absolute Gasteiger partial charge is 0.496 e. The van der Waals surface area contributed by atoms with Gasteiger partial charge >= 0.3 is 0 Å². The molecule has 3 heteroatoms. The summed E-state index contributed by atoms with van der Waals surface area (Å²) in [5.74, 6) is 2.48. The topological polar surface area (TPSA) is 34.4 Å². The van der Waals surface area contributed by atoms with Crippen LogP contribution >= 0.6 is 0 Å². The molecule has 3 aromatic rings. The fourth-order valence-corrected chi connectivity index (χ4v) is 6.64. The van der Waals surface area contributed by atoms with E-state index >= 15 is 0 Å². The molecule has 2 heterocycles. The SMILES string of the molecule is COc1cccc2c1C1=C(C(c3cc(C)cc(-c4ccco4)c3)C2)C2C(C)=CC(C)(C)NC2C=C1. The smallest absolute Gasteiger partial charge is 0.133 e. The molecule has 178 valence electrons. The summed E-state index contributed by atoms with van der Waals surface area (Å²) in [5.41, 5.74) is 10.6. The minimum Gasteiger partial charge on any atom is -0.496 e. The van der Waals surface area contributed by atoms with Crippen LogP contribution in [-0.4, -0.2) is 18.7 Å². The molecule has 6 rings (SSSR count). The Balaban J connectivity index is 1.58. The van der Waals surface area contributed by atoms with Crippen LogP contribution in [0.5, 0.6) is 5.75 Å². The molecule has 0 saturated carbocycles. The van der Waals surface area contributed by atoms with Gasteiger partial charge in [0.05, 0.1) is 13.4 Å². The highest BCUT2D eigenvalue weighted by Gasteiger charge is 2.42. The molecule has 1 aliphatic heterocycles. The maximum absolute atomic E-state index is 5.88. The summed E-state index contributed by atoms with van der Waals surface area (Å²) in [4.78, 5) is 0. The molecule has 3 nitrogen and oxygen atoms in total. The Hall–Kier alpha value is -3.30. The summed E-state index contributed by atoms with van der Waals surface area (Å²) in [6.45, 7) is 9.02. The Morgan fingerprint density at radius 1 is 1.06 bits per heavy atom. The van der Waals surface area contributed by atoms with Crippen molar-refractivity contribution >= 4 is 5.57 Å². The third-order valence-corrected chi connectivity index (χ3v) is 7.80. The van der Waals surface area contributed by atoms with Crippen LogP contribution in [0.15, 0.2) is 88.6 Å². The molecule has 3 unspecified atom stereocenters. The number of benzene rings is 2. The predicted molar refractivity (Wildman–Crippen MR) is 143 cm³/mol. The van der Waals surface area contributed by atoms with Gasteiger partial charge in [-0.25, -0.2) is 0 Å². The Morgan fingerprint density at radius 2 is 1.91 bits per heavy atom. The Kier molecular flexibility index (Phi) is 5.16. The molecule has 2 aliphatic carbocycles. The van der Waals surface area contributed by atoms with Crippen LogP contribution in [-0.2, 0) is 6.42 Å². The van der Waals surface area contributed by atoms with Gasteiger partial charge in [-0.15, -0.1) is 0 Å². The van der Waals surface area contributed by atoms with Crippen molar-refractivity contribution in [1.82, 2.24) is 5.32 Å². The van der Waals surface area contributed by atoms with E-state index in [-0.39, 0.29) is 17.5 Å². The van der Waals surface area contributed by atoms with Gasteiger partial charge < -0.3 is 14.5 Å². The second-order valence-corrected chi connectivity index (χ2v) is 10.8. The minimum absolute atomic E-state index is 0.0246. The molecular weight excluding hydrogens is 430 g/mol. The Morgan fingerprint density at radius 3 is 2.69 bits per heavy atom. The monoisotopic (exact) mass is 463 g/mol. The van der Waals surface area contributed by atoms with E-state index in [0.717, 1.165) is 23.5 Å². The van der Waals surface area contributed by atoms with Crippen LogP contribution in [0.3, 0.4) is 0 Å². The lowest BCUT2D eigenvalue weighted by Crippen LogP contribution is -2.53. The zero-order valence-corrected chi connectivity index (χ0v) is 21.2. The van der Waals surface area contributed by atoms with Gasteiger partial charge in [0.15, 0.2) is 0 Å². The average Bonchev–Trinajstić information content (AvgIpc) is 3.36. The zero-order chi connectivity index (χ0) is 24.3. The number of allylic oxidation sites excluding steroid dienone is 2. The van der Waals surface area contributed by atoms with Gasteiger partial charge in [-0.05, 0) is 86.7 Å². The number of ether oxygens (including phenoxy) is 1. The number of hydrogen-bond acceptors (Lipinski definition) is 3. The molecule has 0 spiro atoms. The molecular formula is C32H33NO2. The van der Waals surface area contributed by atoms with Crippen molar-refractivity contribution in [3.05, 3.63) is 106 Å². The van der Waals surface area contributed by atoms with Crippen LogP contribution in [0.2, 0.25) is 0 Å². The summed E-state index contributed by atoms with van der Waals surface area (Å²) in [6, 6.07) is 17.7. The van der Waals surface area contributed by atoms with Gasteiger partial charge in [-0.2, -0.15) is 0 Å². The number of hydrogen-bond donors (Lipinski definition) is 1. The number of rotatable bonds is 3. The maximum atomic E-state index is 5.88. The molecule has 0 fully saturated rings. The number of nitrogens with one attached hydrogen (secondary N) is 1. The predicted octanol–water partition coefficient (Wildman–Crippen LogP) is 7.24. The first-order chi connectivity index (χ1) is 16.8. The third-order valence-electron chi connectivity index (χ3n) is 7.80. The normalized spacial score (nSPS) is 24.4. The first kappa shape index (κ1) is 22.2. The van der Waals surface area contributed by atoms with E-state index < -0.39 is 0 Å². The molecule has 0 amide bonds. The molecule has 3 atom stereocenters. The van der Waals surface area contributed by atoms with Crippen LogP contribution in [0.4, 0.5) is 0 Å². The second kappa shape index (κ2) is 8.13. The fourth-order valence-electron chi connectivity index (χ4n) is 6.64. The number of aryl methyl sites for hydroxylation is 1.